The maximum Gasteiger partial charge on any atom is 0.223 e. The number of amides is 1. The van der Waals surface area contributed by atoms with Gasteiger partial charge in [-0.25, -0.2) is 0 Å². The summed E-state index contributed by atoms with van der Waals surface area (Å²) < 4.78 is 0. The van der Waals surface area contributed by atoms with E-state index in [4.69, 9.17) is 0 Å². The molecule has 3 aliphatic heterocycles. The second kappa shape index (κ2) is 4.60. The molecule has 4 aliphatic rings. The molecule has 96 valence electrons. The molecule has 0 aromatic heterocycles. The van der Waals surface area contributed by atoms with Crippen molar-refractivity contribution < 1.29 is 4.79 Å². The van der Waals surface area contributed by atoms with Gasteiger partial charge in [-0.1, -0.05) is 13.3 Å². The SMILES string of the molecule is CC[C@H]1CN2CC[C@H]1C[C@@H]2CNC(=O)C1CC1. The Labute approximate surface area is 104 Å². The zero-order valence-corrected chi connectivity index (χ0v) is 10.8. The van der Waals surface area contributed by atoms with Crippen LogP contribution in [0.4, 0.5) is 0 Å². The molecule has 2 bridgehead atoms. The minimum absolute atomic E-state index is 0.305. The molecule has 3 saturated heterocycles. The average molecular weight is 236 g/mol. The molecule has 3 nitrogen and oxygen atoms in total. The van der Waals surface area contributed by atoms with Gasteiger partial charge in [0.2, 0.25) is 5.91 Å². The monoisotopic (exact) mass is 236 g/mol. The topological polar surface area (TPSA) is 32.3 Å². The first-order chi connectivity index (χ1) is 8.28. The van der Waals surface area contributed by atoms with Gasteiger partial charge in [0, 0.05) is 25.0 Å². The summed E-state index contributed by atoms with van der Waals surface area (Å²) in [4.78, 5) is 14.3. The van der Waals surface area contributed by atoms with E-state index >= 15 is 0 Å². The Balaban J connectivity index is 1.50. The van der Waals surface area contributed by atoms with Crippen LogP contribution in [0.2, 0.25) is 0 Å². The van der Waals surface area contributed by atoms with E-state index in [0.29, 0.717) is 17.9 Å². The maximum atomic E-state index is 11.6. The largest absolute Gasteiger partial charge is 0.354 e. The van der Waals surface area contributed by atoms with E-state index in [1.165, 1.54) is 32.4 Å². The lowest BCUT2D eigenvalue weighted by atomic mass is 9.74. The lowest BCUT2D eigenvalue weighted by Gasteiger charge is -2.50. The fourth-order valence-corrected chi connectivity index (χ4v) is 3.63. The fourth-order valence-electron chi connectivity index (χ4n) is 3.63. The smallest absolute Gasteiger partial charge is 0.223 e. The summed E-state index contributed by atoms with van der Waals surface area (Å²) in [5.41, 5.74) is 0. The van der Waals surface area contributed by atoms with Crippen molar-refractivity contribution in [1.82, 2.24) is 10.2 Å². The normalized spacial score (nSPS) is 40.3. The number of nitrogens with one attached hydrogen (secondary N) is 1. The number of piperidine rings is 3. The van der Waals surface area contributed by atoms with Gasteiger partial charge in [0.1, 0.15) is 0 Å². The molecule has 0 radical (unpaired) electrons. The van der Waals surface area contributed by atoms with Crippen molar-refractivity contribution in [3.63, 3.8) is 0 Å². The predicted molar refractivity (Wildman–Crippen MR) is 67.6 cm³/mol. The molecule has 4 rings (SSSR count). The molecule has 3 heterocycles. The van der Waals surface area contributed by atoms with Crippen molar-refractivity contribution in [1.29, 1.82) is 0 Å². The standard InChI is InChI=1S/C14H24N2O/c1-2-10-9-16-6-5-12(10)7-13(16)8-15-14(17)11-3-4-11/h10-13H,2-9H2,1H3,(H,15,17)/t10-,12-,13+/m0/s1. The number of carbonyl (C=O) groups excluding carboxylic acids is 1. The number of rotatable bonds is 4. The molecule has 3 heteroatoms. The minimum Gasteiger partial charge on any atom is -0.354 e. The molecule has 17 heavy (non-hydrogen) atoms. The lowest BCUT2D eigenvalue weighted by molar-refractivity contribution is -0.122. The molecule has 0 aromatic carbocycles. The maximum absolute atomic E-state index is 11.6. The van der Waals surface area contributed by atoms with Crippen molar-refractivity contribution in [2.75, 3.05) is 19.6 Å². The van der Waals surface area contributed by atoms with E-state index in [2.05, 4.69) is 17.1 Å². The van der Waals surface area contributed by atoms with Crippen LogP contribution in [0, 0.1) is 17.8 Å². The second-order valence-corrected chi connectivity index (χ2v) is 6.12. The molecule has 1 unspecified atom stereocenters. The van der Waals surface area contributed by atoms with Gasteiger partial charge in [-0.05, 0) is 44.1 Å². The molecule has 4 atom stereocenters. The number of nitrogens with zero attached hydrogens (tertiary/aromatic N) is 1. The van der Waals surface area contributed by atoms with E-state index in [-0.39, 0.29) is 0 Å². The Morgan fingerprint density at radius 3 is 2.76 bits per heavy atom. The molecule has 1 aliphatic carbocycles. The first kappa shape index (κ1) is 11.5. The van der Waals surface area contributed by atoms with E-state index in [1.807, 2.05) is 0 Å². The van der Waals surface area contributed by atoms with Crippen LogP contribution in [0.5, 0.6) is 0 Å². The van der Waals surface area contributed by atoms with E-state index in [1.54, 1.807) is 0 Å². The van der Waals surface area contributed by atoms with Crippen molar-refractivity contribution in [3.8, 4) is 0 Å². The van der Waals surface area contributed by atoms with Gasteiger partial charge in [0.15, 0.2) is 0 Å². The number of carbonyl (C=O) groups is 1. The highest BCUT2D eigenvalue weighted by molar-refractivity contribution is 5.80. The summed E-state index contributed by atoms with van der Waals surface area (Å²) in [5.74, 6) is 2.50. The summed E-state index contributed by atoms with van der Waals surface area (Å²) >= 11 is 0. The van der Waals surface area contributed by atoms with Crippen LogP contribution in [0.3, 0.4) is 0 Å². The van der Waals surface area contributed by atoms with E-state index in [9.17, 15) is 4.79 Å². The van der Waals surface area contributed by atoms with E-state index in [0.717, 1.165) is 31.2 Å². The van der Waals surface area contributed by atoms with Crippen molar-refractivity contribution in [3.05, 3.63) is 0 Å². The first-order valence-electron chi connectivity index (χ1n) is 7.29. The van der Waals surface area contributed by atoms with Crippen molar-refractivity contribution in [2.45, 2.75) is 45.1 Å². The van der Waals surface area contributed by atoms with Crippen LogP contribution < -0.4 is 5.32 Å². The zero-order valence-electron chi connectivity index (χ0n) is 10.8. The zero-order chi connectivity index (χ0) is 11.8. The molecule has 0 spiro atoms. The van der Waals surface area contributed by atoms with Gasteiger partial charge in [-0.15, -0.1) is 0 Å². The quantitative estimate of drug-likeness (QED) is 0.804. The van der Waals surface area contributed by atoms with E-state index < -0.39 is 0 Å². The Morgan fingerprint density at radius 2 is 2.18 bits per heavy atom. The molecule has 0 aromatic rings. The van der Waals surface area contributed by atoms with Crippen LogP contribution >= 0.6 is 0 Å². The van der Waals surface area contributed by atoms with Gasteiger partial charge in [-0.3, -0.25) is 9.69 Å². The van der Waals surface area contributed by atoms with Crippen LogP contribution in [-0.2, 0) is 4.79 Å². The van der Waals surface area contributed by atoms with Gasteiger partial charge < -0.3 is 5.32 Å². The van der Waals surface area contributed by atoms with Crippen LogP contribution in [0.15, 0.2) is 0 Å². The third-order valence-electron chi connectivity index (χ3n) is 5.00. The molecular formula is C14H24N2O. The molecular weight excluding hydrogens is 212 g/mol. The summed E-state index contributed by atoms with van der Waals surface area (Å²) in [6.45, 7) is 5.73. The minimum atomic E-state index is 0.305. The Kier molecular flexibility index (Phi) is 3.12. The summed E-state index contributed by atoms with van der Waals surface area (Å²) in [6, 6.07) is 0.624. The summed E-state index contributed by atoms with van der Waals surface area (Å²) in [5, 5.41) is 3.15. The third kappa shape index (κ3) is 2.35. The fraction of sp³-hybridized carbons (Fsp3) is 0.929. The van der Waals surface area contributed by atoms with Crippen molar-refractivity contribution in [2.24, 2.45) is 17.8 Å². The summed E-state index contributed by atoms with van der Waals surface area (Å²) in [6.07, 6.45) is 6.23. The highest BCUT2D eigenvalue weighted by Gasteiger charge is 2.39. The first-order valence-corrected chi connectivity index (χ1v) is 7.29. The highest BCUT2D eigenvalue weighted by atomic mass is 16.2. The lowest BCUT2D eigenvalue weighted by Crippen LogP contribution is -2.56. The van der Waals surface area contributed by atoms with Crippen molar-refractivity contribution >= 4 is 5.91 Å². The molecule has 1 saturated carbocycles. The molecule has 1 amide bonds. The van der Waals surface area contributed by atoms with Gasteiger partial charge in [0.05, 0.1) is 0 Å². The van der Waals surface area contributed by atoms with Crippen LogP contribution in [0.25, 0.3) is 0 Å². The second-order valence-electron chi connectivity index (χ2n) is 6.12. The third-order valence-corrected chi connectivity index (χ3v) is 5.00. The number of fused-ring (bicyclic) bond motifs is 3. The Hall–Kier alpha value is -0.570. The molecule has 1 N–H and O–H groups in total. The highest BCUT2D eigenvalue weighted by Crippen LogP contribution is 2.37. The van der Waals surface area contributed by atoms with Crippen LogP contribution in [0.1, 0.15) is 39.0 Å². The number of hydrogen-bond acceptors (Lipinski definition) is 2. The van der Waals surface area contributed by atoms with Gasteiger partial charge in [-0.2, -0.15) is 0 Å². The van der Waals surface area contributed by atoms with Gasteiger partial charge in [0.25, 0.3) is 0 Å². The summed E-state index contributed by atoms with van der Waals surface area (Å²) in [7, 11) is 0. The number of hydrogen-bond donors (Lipinski definition) is 1. The molecule has 4 fully saturated rings. The average Bonchev–Trinajstić information content (AvgIpc) is 3.20. The Morgan fingerprint density at radius 1 is 1.35 bits per heavy atom. The van der Waals surface area contributed by atoms with Gasteiger partial charge >= 0.3 is 0 Å². The Bertz CT molecular complexity index is 301. The predicted octanol–water partition coefficient (Wildman–Crippen LogP) is 1.63. The van der Waals surface area contributed by atoms with Crippen LogP contribution in [-0.4, -0.2) is 36.5 Å².